The van der Waals surface area contributed by atoms with Crippen LogP contribution in [0.2, 0.25) is 0 Å². The maximum atomic E-state index is 12.5. The van der Waals surface area contributed by atoms with Crippen molar-refractivity contribution in [3.8, 4) is 29.1 Å². The van der Waals surface area contributed by atoms with Crippen LogP contribution in [0.3, 0.4) is 0 Å². The van der Waals surface area contributed by atoms with Crippen LogP contribution in [-0.2, 0) is 0 Å². The van der Waals surface area contributed by atoms with Crippen molar-refractivity contribution in [2.75, 3.05) is 13.2 Å². The van der Waals surface area contributed by atoms with E-state index in [1.807, 2.05) is 6.07 Å². The molecule has 3 aromatic carbocycles. The Morgan fingerprint density at radius 1 is 0.743 bits per heavy atom. The highest BCUT2D eigenvalue weighted by atomic mass is 16.5. The maximum absolute atomic E-state index is 12.5. The van der Waals surface area contributed by atoms with Crippen LogP contribution in [0, 0.1) is 11.3 Å². The minimum absolute atomic E-state index is 0.244. The van der Waals surface area contributed by atoms with Gasteiger partial charge in [-0.25, -0.2) is 9.59 Å². The lowest BCUT2D eigenvalue weighted by molar-refractivity contribution is 0.0730. The second kappa shape index (κ2) is 12.8. The molecule has 180 valence electrons. The van der Waals surface area contributed by atoms with Gasteiger partial charge >= 0.3 is 11.9 Å². The Hall–Kier alpha value is -4.31. The molecule has 35 heavy (non-hydrogen) atoms. The Morgan fingerprint density at radius 3 is 1.91 bits per heavy atom. The first-order chi connectivity index (χ1) is 17.0. The van der Waals surface area contributed by atoms with E-state index in [4.69, 9.17) is 24.2 Å². The Morgan fingerprint density at radius 2 is 1.31 bits per heavy atom. The second-order valence-corrected chi connectivity index (χ2v) is 7.59. The number of hydrogen-bond acceptors (Lipinski definition) is 7. The van der Waals surface area contributed by atoms with Crippen LogP contribution in [0.15, 0.2) is 66.7 Å². The molecule has 0 amide bonds. The van der Waals surface area contributed by atoms with Crippen LogP contribution >= 0.6 is 0 Å². The molecule has 7 heteroatoms. The van der Waals surface area contributed by atoms with Gasteiger partial charge in [0.15, 0.2) is 0 Å². The Kier molecular flexibility index (Phi) is 9.26. The molecule has 0 aliphatic carbocycles. The highest BCUT2D eigenvalue weighted by Gasteiger charge is 2.14. The molecule has 0 aliphatic rings. The van der Waals surface area contributed by atoms with Crippen LogP contribution in [-0.4, -0.2) is 25.2 Å². The minimum atomic E-state index is -0.609. The average molecular weight is 474 g/mol. The zero-order chi connectivity index (χ0) is 25.0. The summed E-state index contributed by atoms with van der Waals surface area (Å²) in [6.07, 6.45) is 3.26. The molecule has 0 aliphatic heterocycles. The third-order valence-electron chi connectivity index (χ3n) is 4.99. The maximum Gasteiger partial charge on any atom is 0.343 e. The summed E-state index contributed by atoms with van der Waals surface area (Å²) in [5, 5.41) is 9.14. The van der Waals surface area contributed by atoms with Gasteiger partial charge in [-0.15, -0.1) is 0 Å². The van der Waals surface area contributed by atoms with E-state index in [0.29, 0.717) is 35.8 Å². The first-order valence-corrected chi connectivity index (χ1v) is 11.5. The molecule has 0 fully saturated rings. The van der Waals surface area contributed by atoms with Crippen LogP contribution in [0.5, 0.6) is 23.0 Å². The van der Waals surface area contributed by atoms with E-state index in [1.54, 1.807) is 31.2 Å². The van der Waals surface area contributed by atoms with Crippen molar-refractivity contribution >= 4 is 11.9 Å². The fourth-order valence-corrected chi connectivity index (χ4v) is 3.15. The number of nitriles is 1. The zero-order valence-corrected chi connectivity index (χ0v) is 19.8. The van der Waals surface area contributed by atoms with Crippen molar-refractivity contribution in [1.82, 2.24) is 0 Å². The second-order valence-electron chi connectivity index (χ2n) is 7.59. The first-order valence-electron chi connectivity index (χ1n) is 11.5. The molecule has 0 N–H and O–H groups in total. The predicted octanol–water partition coefficient (Wildman–Crippen LogP) is 5.96. The highest BCUT2D eigenvalue weighted by molar-refractivity contribution is 5.93. The molecule has 0 atom stereocenters. The molecule has 0 heterocycles. The van der Waals surface area contributed by atoms with E-state index < -0.39 is 11.9 Å². The van der Waals surface area contributed by atoms with Gasteiger partial charge in [-0.1, -0.05) is 19.8 Å². The predicted molar refractivity (Wildman–Crippen MR) is 130 cm³/mol. The number of rotatable bonds is 11. The standard InChI is InChI=1S/C28H27NO6/c1-3-5-6-17-33-23-13-15-25(16-14-23)34-27(30)20-9-11-24(12-10-20)35-28(31)21-7-8-22(19-29)26(18-21)32-4-2/h7-16,18H,3-6,17H2,1-2H3. The molecule has 3 rings (SSSR count). The number of benzene rings is 3. The summed E-state index contributed by atoms with van der Waals surface area (Å²) in [5.74, 6) is 0.563. The number of carbonyl (C=O) groups excluding carboxylic acids is 2. The number of unbranched alkanes of at least 4 members (excludes halogenated alkanes) is 2. The average Bonchev–Trinajstić information content (AvgIpc) is 2.88. The van der Waals surface area contributed by atoms with E-state index in [9.17, 15) is 9.59 Å². The fraction of sp³-hybridized carbons (Fsp3) is 0.250. The molecule has 0 unspecified atom stereocenters. The van der Waals surface area contributed by atoms with Gasteiger partial charge in [-0.05, 0) is 80.1 Å². The largest absolute Gasteiger partial charge is 0.494 e. The lowest BCUT2D eigenvalue weighted by atomic mass is 10.1. The van der Waals surface area contributed by atoms with Gasteiger partial charge in [-0.2, -0.15) is 5.26 Å². The topological polar surface area (TPSA) is 94.9 Å². The molecule has 3 aromatic rings. The summed E-state index contributed by atoms with van der Waals surface area (Å²) in [5.41, 5.74) is 0.885. The van der Waals surface area contributed by atoms with Gasteiger partial charge in [0, 0.05) is 0 Å². The van der Waals surface area contributed by atoms with E-state index >= 15 is 0 Å². The monoisotopic (exact) mass is 473 g/mol. The SMILES string of the molecule is CCCCCOc1ccc(OC(=O)c2ccc(OC(=O)c3ccc(C#N)c(OCC)c3)cc2)cc1. The molecular formula is C28H27NO6. The van der Waals surface area contributed by atoms with Crippen molar-refractivity contribution in [3.05, 3.63) is 83.4 Å². The molecule has 0 aromatic heterocycles. The van der Waals surface area contributed by atoms with E-state index in [-0.39, 0.29) is 11.3 Å². The number of hydrogen-bond donors (Lipinski definition) is 0. The van der Waals surface area contributed by atoms with Crippen molar-refractivity contribution in [2.24, 2.45) is 0 Å². The molecule has 0 saturated heterocycles. The van der Waals surface area contributed by atoms with Gasteiger partial charge < -0.3 is 18.9 Å². The van der Waals surface area contributed by atoms with Crippen molar-refractivity contribution in [2.45, 2.75) is 33.1 Å². The molecule has 0 saturated carbocycles. The van der Waals surface area contributed by atoms with E-state index in [0.717, 1.165) is 25.0 Å². The third-order valence-corrected chi connectivity index (χ3v) is 4.99. The van der Waals surface area contributed by atoms with Crippen molar-refractivity contribution < 1.29 is 28.5 Å². The smallest absolute Gasteiger partial charge is 0.343 e. The quantitative estimate of drug-likeness (QED) is 0.192. The van der Waals surface area contributed by atoms with Gasteiger partial charge in [0.05, 0.1) is 29.9 Å². The van der Waals surface area contributed by atoms with Gasteiger partial charge in [-0.3, -0.25) is 0 Å². The summed E-state index contributed by atoms with van der Waals surface area (Å²) in [4.78, 5) is 24.9. The van der Waals surface area contributed by atoms with Crippen LogP contribution in [0.1, 0.15) is 59.4 Å². The van der Waals surface area contributed by atoms with E-state index in [2.05, 4.69) is 6.92 Å². The number of esters is 2. The summed E-state index contributed by atoms with van der Waals surface area (Å²) in [6, 6.07) is 19.4. The molecule has 7 nitrogen and oxygen atoms in total. The lowest BCUT2D eigenvalue weighted by Gasteiger charge is -2.09. The van der Waals surface area contributed by atoms with Gasteiger partial charge in [0.25, 0.3) is 0 Å². The number of carbonyl (C=O) groups is 2. The Balaban J connectivity index is 1.56. The Labute approximate surface area is 204 Å². The molecule has 0 radical (unpaired) electrons. The van der Waals surface area contributed by atoms with Crippen LogP contribution in [0.25, 0.3) is 0 Å². The number of nitrogens with zero attached hydrogens (tertiary/aromatic N) is 1. The normalized spacial score (nSPS) is 10.2. The van der Waals surface area contributed by atoms with Crippen LogP contribution in [0.4, 0.5) is 0 Å². The highest BCUT2D eigenvalue weighted by Crippen LogP contribution is 2.23. The molecule has 0 spiro atoms. The van der Waals surface area contributed by atoms with Crippen molar-refractivity contribution in [3.63, 3.8) is 0 Å². The summed E-state index contributed by atoms with van der Waals surface area (Å²) < 4.78 is 21.8. The van der Waals surface area contributed by atoms with Crippen LogP contribution < -0.4 is 18.9 Å². The minimum Gasteiger partial charge on any atom is -0.494 e. The Bertz CT molecular complexity index is 1180. The molecule has 0 bridgehead atoms. The summed E-state index contributed by atoms with van der Waals surface area (Å²) in [7, 11) is 0. The lowest BCUT2D eigenvalue weighted by Crippen LogP contribution is -2.10. The van der Waals surface area contributed by atoms with Crippen molar-refractivity contribution in [1.29, 1.82) is 5.26 Å². The van der Waals surface area contributed by atoms with E-state index in [1.165, 1.54) is 42.5 Å². The molecular weight excluding hydrogens is 446 g/mol. The number of ether oxygens (including phenoxy) is 4. The fourth-order valence-electron chi connectivity index (χ4n) is 3.15. The van der Waals surface area contributed by atoms with Gasteiger partial charge in [0.1, 0.15) is 29.1 Å². The van der Waals surface area contributed by atoms with Gasteiger partial charge in [0.2, 0.25) is 0 Å². The zero-order valence-electron chi connectivity index (χ0n) is 19.8. The summed E-state index contributed by atoms with van der Waals surface area (Å²) in [6.45, 7) is 4.95. The summed E-state index contributed by atoms with van der Waals surface area (Å²) >= 11 is 0. The third kappa shape index (κ3) is 7.34. The first kappa shape index (κ1) is 25.3.